The number of rotatable bonds is 2. The summed E-state index contributed by atoms with van der Waals surface area (Å²) in [6.07, 6.45) is 2.12. The van der Waals surface area contributed by atoms with Gasteiger partial charge in [0.15, 0.2) is 10.8 Å². The lowest BCUT2D eigenvalue weighted by Gasteiger charge is -2.11. The Balaban J connectivity index is 2.03. The molecule has 2 atom stereocenters. The number of hydrogen-bond acceptors (Lipinski definition) is 6. The molecule has 1 fully saturated rings. The Morgan fingerprint density at radius 1 is 1.56 bits per heavy atom. The molecule has 0 aromatic carbocycles. The minimum atomic E-state index is -0.197. The predicted octanol–water partition coefficient (Wildman–Crippen LogP) is 0.589. The van der Waals surface area contributed by atoms with E-state index in [2.05, 4.69) is 15.0 Å². The van der Waals surface area contributed by atoms with Crippen LogP contribution < -0.4 is 5.73 Å². The number of halogens is 1. The lowest BCUT2D eigenvalue weighted by Crippen LogP contribution is -2.08. The maximum atomic E-state index is 9.11. The number of aliphatic hydroxyl groups is 1. The third-order valence-corrected chi connectivity index (χ3v) is 3.29. The fraction of sp³-hybridized carbons (Fsp3) is 0.500. The number of imidazole rings is 1. The standard InChI is InChI=1S/C10H12ClN5O2/c11-8-7-9(15-10(12)14-8)16(4-13-7)6-1-5(2-17)3-18-6/h4-6,17H,1-3H2,(H2,12,14,15). The lowest BCUT2D eigenvalue weighted by atomic mass is 10.1. The van der Waals surface area contributed by atoms with Crippen molar-refractivity contribution in [2.24, 2.45) is 5.92 Å². The molecule has 0 amide bonds. The number of fused-ring (bicyclic) bond motifs is 1. The highest BCUT2D eigenvalue weighted by Crippen LogP contribution is 2.31. The van der Waals surface area contributed by atoms with E-state index < -0.39 is 0 Å². The molecule has 96 valence electrons. The van der Waals surface area contributed by atoms with Crippen molar-refractivity contribution in [3.63, 3.8) is 0 Å². The van der Waals surface area contributed by atoms with Crippen LogP contribution in [0.25, 0.3) is 11.2 Å². The van der Waals surface area contributed by atoms with E-state index in [1.807, 2.05) is 0 Å². The summed E-state index contributed by atoms with van der Waals surface area (Å²) in [4.78, 5) is 12.1. The van der Waals surface area contributed by atoms with Gasteiger partial charge >= 0.3 is 0 Å². The Kier molecular flexibility index (Phi) is 2.81. The maximum absolute atomic E-state index is 9.11. The van der Waals surface area contributed by atoms with Crippen molar-refractivity contribution in [2.45, 2.75) is 12.6 Å². The number of nitrogen functional groups attached to an aromatic ring is 1. The molecule has 18 heavy (non-hydrogen) atoms. The van der Waals surface area contributed by atoms with E-state index in [0.29, 0.717) is 24.2 Å². The molecule has 3 rings (SSSR count). The zero-order valence-corrected chi connectivity index (χ0v) is 10.2. The highest BCUT2D eigenvalue weighted by atomic mass is 35.5. The van der Waals surface area contributed by atoms with E-state index in [1.165, 1.54) is 0 Å². The molecule has 0 saturated carbocycles. The van der Waals surface area contributed by atoms with E-state index in [4.69, 9.17) is 27.2 Å². The number of nitrogens with two attached hydrogens (primary N) is 1. The predicted molar refractivity (Wildman–Crippen MR) is 64.9 cm³/mol. The van der Waals surface area contributed by atoms with Crippen LogP contribution in [-0.2, 0) is 4.74 Å². The average Bonchev–Trinajstić information content (AvgIpc) is 2.93. The first kappa shape index (κ1) is 11.6. The first-order chi connectivity index (χ1) is 8.69. The molecule has 0 aliphatic carbocycles. The summed E-state index contributed by atoms with van der Waals surface area (Å²) in [5.74, 6) is 0.244. The zero-order chi connectivity index (χ0) is 12.7. The molecule has 2 aromatic rings. The van der Waals surface area contributed by atoms with Crippen LogP contribution in [0, 0.1) is 5.92 Å². The third kappa shape index (κ3) is 1.80. The topological polar surface area (TPSA) is 99.1 Å². The van der Waals surface area contributed by atoms with Crippen molar-refractivity contribution in [3.05, 3.63) is 11.5 Å². The second kappa shape index (κ2) is 4.34. The molecule has 7 nitrogen and oxygen atoms in total. The van der Waals surface area contributed by atoms with Gasteiger partial charge in [0.2, 0.25) is 5.95 Å². The van der Waals surface area contributed by atoms with Gasteiger partial charge in [-0.05, 0) is 6.42 Å². The monoisotopic (exact) mass is 269 g/mol. The summed E-state index contributed by atoms with van der Waals surface area (Å²) in [7, 11) is 0. The second-order valence-electron chi connectivity index (χ2n) is 4.27. The molecule has 1 saturated heterocycles. The Morgan fingerprint density at radius 3 is 3.11 bits per heavy atom. The maximum Gasteiger partial charge on any atom is 0.223 e. The quantitative estimate of drug-likeness (QED) is 0.774. The van der Waals surface area contributed by atoms with Gasteiger partial charge in [-0.2, -0.15) is 9.97 Å². The minimum absolute atomic E-state index is 0.103. The summed E-state index contributed by atoms with van der Waals surface area (Å²) in [5, 5.41) is 9.34. The number of aromatic nitrogens is 4. The number of hydrogen-bond donors (Lipinski definition) is 2. The van der Waals surface area contributed by atoms with Crippen molar-refractivity contribution < 1.29 is 9.84 Å². The largest absolute Gasteiger partial charge is 0.396 e. The number of nitrogens with zero attached hydrogens (tertiary/aromatic N) is 4. The molecular formula is C10H12ClN5O2. The van der Waals surface area contributed by atoms with Gasteiger partial charge < -0.3 is 15.6 Å². The molecule has 2 aromatic heterocycles. The van der Waals surface area contributed by atoms with Crippen molar-refractivity contribution in [2.75, 3.05) is 18.9 Å². The Morgan fingerprint density at radius 2 is 2.39 bits per heavy atom. The van der Waals surface area contributed by atoms with Crippen LogP contribution in [0.15, 0.2) is 6.33 Å². The third-order valence-electron chi connectivity index (χ3n) is 3.02. The fourth-order valence-corrected chi connectivity index (χ4v) is 2.32. The average molecular weight is 270 g/mol. The molecule has 0 radical (unpaired) electrons. The van der Waals surface area contributed by atoms with E-state index in [1.54, 1.807) is 10.9 Å². The molecule has 0 bridgehead atoms. The van der Waals surface area contributed by atoms with Crippen molar-refractivity contribution >= 4 is 28.7 Å². The summed E-state index contributed by atoms with van der Waals surface area (Å²) >= 11 is 5.95. The number of aliphatic hydroxyl groups excluding tert-OH is 1. The first-order valence-corrected chi connectivity index (χ1v) is 5.95. The highest BCUT2D eigenvalue weighted by Gasteiger charge is 2.28. The van der Waals surface area contributed by atoms with Crippen LogP contribution in [0.2, 0.25) is 5.15 Å². The van der Waals surface area contributed by atoms with Crippen LogP contribution >= 0.6 is 11.6 Å². The van der Waals surface area contributed by atoms with Crippen molar-refractivity contribution in [3.8, 4) is 0 Å². The molecule has 1 aliphatic heterocycles. The van der Waals surface area contributed by atoms with Gasteiger partial charge in [0.05, 0.1) is 12.9 Å². The van der Waals surface area contributed by atoms with Crippen LogP contribution in [-0.4, -0.2) is 37.8 Å². The lowest BCUT2D eigenvalue weighted by molar-refractivity contribution is 0.0551. The summed E-state index contributed by atoms with van der Waals surface area (Å²) in [6, 6.07) is 0. The Hall–Kier alpha value is -1.44. The molecular weight excluding hydrogens is 258 g/mol. The molecule has 2 unspecified atom stereocenters. The van der Waals surface area contributed by atoms with Crippen LogP contribution in [0.3, 0.4) is 0 Å². The zero-order valence-electron chi connectivity index (χ0n) is 9.45. The molecule has 3 heterocycles. The van der Waals surface area contributed by atoms with Gasteiger partial charge in [-0.1, -0.05) is 11.6 Å². The smallest absolute Gasteiger partial charge is 0.223 e. The molecule has 8 heteroatoms. The van der Waals surface area contributed by atoms with E-state index in [9.17, 15) is 0 Å². The van der Waals surface area contributed by atoms with Gasteiger partial charge in [0.25, 0.3) is 0 Å². The van der Waals surface area contributed by atoms with Gasteiger partial charge in [0.1, 0.15) is 11.7 Å². The van der Waals surface area contributed by atoms with Crippen molar-refractivity contribution in [1.29, 1.82) is 0 Å². The van der Waals surface area contributed by atoms with Crippen LogP contribution in [0.1, 0.15) is 12.6 Å². The highest BCUT2D eigenvalue weighted by molar-refractivity contribution is 6.33. The van der Waals surface area contributed by atoms with Crippen LogP contribution in [0.4, 0.5) is 5.95 Å². The number of anilines is 1. The Bertz CT molecular complexity index is 587. The number of ether oxygens (including phenoxy) is 1. The fourth-order valence-electron chi connectivity index (χ4n) is 2.10. The molecule has 1 aliphatic rings. The summed E-state index contributed by atoms with van der Waals surface area (Å²) < 4.78 is 7.38. The minimum Gasteiger partial charge on any atom is -0.396 e. The summed E-state index contributed by atoms with van der Waals surface area (Å²) in [5.41, 5.74) is 6.63. The normalized spacial score (nSPS) is 23.9. The second-order valence-corrected chi connectivity index (χ2v) is 4.63. The molecule has 3 N–H and O–H groups in total. The van der Waals surface area contributed by atoms with E-state index in [-0.39, 0.29) is 29.9 Å². The van der Waals surface area contributed by atoms with E-state index >= 15 is 0 Å². The van der Waals surface area contributed by atoms with Crippen molar-refractivity contribution in [1.82, 2.24) is 19.5 Å². The van der Waals surface area contributed by atoms with Gasteiger partial charge in [-0.25, -0.2) is 4.98 Å². The van der Waals surface area contributed by atoms with E-state index in [0.717, 1.165) is 0 Å². The van der Waals surface area contributed by atoms with Gasteiger partial charge in [-0.15, -0.1) is 0 Å². The first-order valence-electron chi connectivity index (χ1n) is 5.57. The van der Waals surface area contributed by atoms with Crippen LogP contribution in [0.5, 0.6) is 0 Å². The Labute approximate surface area is 108 Å². The van der Waals surface area contributed by atoms with Gasteiger partial charge in [0, 0.05) is 12.5 Å². The molecule has 0 spiro atoms. The van der Waals surface area contributed by atoms with Gasteiger partial charge in [-0.3, -0.25) is 4.57 Å². The SMILES string of the molecule is Nc1nc(Cl)c2ncn(C3CC(CO)CO3)c2n1. The summed E-state index contributed by atoms with van der Waals surface area (Å²) in [6.45, 7) is 0.635.